The Hall–Kier alpha value is -2.44. The number of halogens is 5. The third-order valence-corrected chi connectivity index (χ3v) is 3.02. The molecule has 0 aliphatic carbocycles. The third kappa shape index (κ3) is 2.93. The fourth-order valence-electron chi connectivity index (χ4n) is 1.84. The van der Waals surface area contributed by atoms with Gasteiger partial charge in [-0.05, 0) is 25.0 Å². The highest BCUT2D eigenvalue weighted by molar-refractivity contribution is 5.82. The third-order valence-electron chi connectivity index (χ3n) is 3.02. The van der Waals surface area contributed by atoms with Crippen molar-refractivity contribution in [3.63, 3.8) is 0 Å². The van der Waals surface area contributed by atoms with Crippen LogP contribution in [-0.2, 0) is 0 Å². The van der Waals surface area contributed by atoms with Crippen LogP contribution in [0.1, 0.15) is 16.7 Å². The van der Waals surface area contributed by atoms with Crippen molar-refractivity contribution in [3.8, 4) is 0 Å². The monoisotopic (exact) mass is 314 g/mol. The molecule has 0 amide bonds. The maximum Gasteiger partial charge on any atom is 0.200 e. The molecule has 0 radical (unpaired) electrons. The number of anilines is 1. The van der Waals surface area contributed by atoms with Gasteiger partial charge < -0.3 is 0 Å². The largest absolute Gasteiger partial charge is 0.272 e. The van der Waals surface area contributed by atoms with Crippen LogP contribution >= 0.6 is 0 Å². The van der Waals surface area contributed by atoms with Crippen LogP contribution in [0.15, 0.2) is 23.3 Å². The molecule has 2 rings (SSSR count). The lowest BCUT2D eigenvalue weighted by Crippen LogP contribution is -2.06. The number of hydrogen-bond donors (Lipinski definition) is 1. The second-order valence-electron chi connectivity index (χ2n) is 4.67. The highest BCUT2D eigenvalue weighted by Gasteiger charge is 2.25. The van der Waals surface area contributed by atoms with E-state index in [2.05, 4.69) is 5.10 Å². The van der Waals surface area contributed by atoms with E-state index in [9.17, 15) is 22.0 Å². The molecule has 2 aromatic carbocycles. The zero-order chi connectivity index (χ0) is 16.4. The topological polar surface area (TPSA) is 24.4 Å². The van der Waals surface area contributed by atoms with Crippen molar-refractivity contribution in [1.82, 2.24) is 0 Å². The van der Waals surface area contributed by atoms with Crippen LogP contribution in [0.2, 0.25) is 0 Å². The number of aryl methyl sites for hydroxylation is 2. The Morgan fingerprint density at radius 2 is 1.41 bits per heavy atom. The first kappa shape index (κ1) is 15.9. The lowest BCUT2D eigenvalue weighted by atomic mass is 10.1. The summed E-state index contributed by atoms with van der Waals surface area (Å²) in [5.74, 6) is -10.2. The highest BCUT2D eigenvalue weighted by Crippen LogP contribution is 2.27. The van der Waals surface area contributed by atoms with Gasteiger partial charge in [-0.3, -0.25) is 5.43 Å². The van der Waals surface area contributed by atoms with E-state index < -0.39 is 34.8 Å². The van der Waals surface area contributed by atoms with Gasteiger partial charge in [0, 0.05) is 0 Å². The van der Waals surface area contributed by atoms with Crippen LogP contribution in [0, 0.1) is 42.9 Å². The fourth-order valence-corrected chi connectivity index (χ4v) is 1.84. The Bertz CT molecular complexity index is 727. The summed E-state index contributed by atoms with van der Waals surface area (Å²) in [4.78, 5) is 0. The van der Waals surface area contributed by atoms with Gasteiger partial charge in [-0.15, -0.1) is 0 Å². The molecule has 2 aromatic rings. The van der Waals surface area contributed by atoms with E-state index in [0.717, 1.165) is 11.1 Å². The molecule has 0 atom stereocenters. The summed E-state index contributed by atoms with van der Waals surface area (Å²) in [6.45, 7) is 3.69. The van der Waals surface area contributed by atoms with Crippen molar-refractivity contribution in [2.24, 2.45) is 5.10 Å². The first-order chi connectivity index (χ1) is 10.3. The van der Waals surface area contributed by atoms with Crippen LogP contribution in [0.25, 0.3) is 0 Å². The smallest absolute Gasteiger partial charge is 0.200 e. The van der Waals surface area contributed by atoms with E-state index in [0.29, 0.717) is 5.56 Å². The van der Waals surface area contributed by atoms with Crippen molar-refractivity contribution in [3.05, 3.63) is 64.0 Å². The quantitative estimate of drug-likeness (QED) is 0.292. The Labute approximate surface area is 123 Å². The molecular weight excluding hydrogens is 303 g/mol. The van der Waals surface area contributed by atoms with Gasteiger partial charge in [0.15, 0.2) is 23.3 Å². The van der Waals surface area contributed by atoms with E-state index in [1.54, 1.807) is 19.1 Å². The Morgan fingerprint density at radius 3 is 1.95 bits per heavy atom. The van der Waals surface area contributed by atoms with Crippen molar-refractivity contribution in [2.75, 3.05) is 5.43 Å². The van der Waals surface area contributed by atoms with E-state index in [4.69, 9.17) is 0 Å². The predicted molar refractivity (Wildman–Crippen MR) is 73.4 cm³/mol. The second kappa shape index (κ2) is 6.13. The molecule has 2 nitrogen and oxygen atoms in total. The molecule has 0 unspecified atom stereocenters. The van der Waals surface area contributed by atoms with Crippen molar-refractivity contribution in [1.29, 1.82) is 0 Å². The van der Waals surface area contributed by atoms with Crippen LogP contribution in [0.5, 0.6) is 0 Å². The minimum absolute atomic E-state index is 0.641. The molecule has 0 aromatic heterocycles. The maximum absolute atomic E-state index is 13.4. The predicted octanol–water partition coefficient (Wildman–Crippen LogP) is 4.44. The summed E-state index contributed by atoms with van der Waals surface area (Å²) in [5, 5.41) is 3.53. The number of hydrogen-bond acceptors (Lipinski definition) is 2. The number of nitrogens with one attached hydrogen (secondary N) is 1. The number of benzene rings is 2. The lowest BCUT2D eigenvalue weighted by molar-refractivity contribution is 0.381. The fraction of sp³-hybridized carbons (Fsp3) is 0.133. The summed E-state index contributed by atoms with van der Waals surface area (Å²) < 4.78 is 65.7. The molecule has 0 heterocycles. The van der Waals surface area contributed by atoms with Crippen LogP contribution in [-0.4, -0.2) is 6.21 Å². The molecule has 0 aliphatic rings. The minimum atomic E-state index is -2.21. The average Bonchev–Trinajstić information content (AvgIpc) is 2.48. The number of hydrazone groups is 1. The zero-order valence-corrected chi connectivity index (χ0v) is 11.6. The van der Waals surface area contributed by atoms with E-state index in [1.807, 2.05) is 18.4 Å². The number of nitrogens with zero attached hydrogens (tertiary/aromatic N) is 1. The van der Waals surface area contributed by atoms with Gasteiger partial charge in [-0.1, -0.05) is 23.8 Å². The number of rotatable bonds is 3. The van der Waals surface area contributed by atoms with Crippen molar-refractivity contribution >= 4 is 11.9 Å². The molecule has 0 saturated heterocycles. The second-order valence-corrected chi connectivity index (χ2v) is 4.67. The lowest BCUT2D eigenvalue weighted by Gasteiger charge is -2.07. The molecule has 116 valence electrons. The van der Waals surface area contributed by atoms with Crippen molar-refractivity contribution < 1.29 is 22.0 Å². The minimum Gasteiger partial charge on any atom is -0.272 e. The van der Waals surface area contributed by atoms with Gasteiger partial charge in [-0.25, -0.2) is 22.0 Å². The molecular formula is C15H11F5N2. The standard InChI is InChI=1S/C15H11F5N2/c1-7-3-4-9(8(2)5-7)6-21-22-15-13(19)11(17)10(16)12(18)14(15)20/h3-6,22H,1-2H3/b21-6-. The molecule has 7 heteroatoms. The summed E-state index contributed by atoms with van der Waals surface area (Å²) in [6.07, 6.45) is 1.23. The van der Waals surface area contributed by atoms with Gasteiger partial charge in [0.05, 0.1) is 6.21 Å². The zero-order valence-electron chi connectivity index (χ0n) is 11.6. The summed E-state index contributed by atoms with van der Waals surface area (Å²) in [5.41, 5.74) is 3.16. The van der Waals surface area contributed by atoms with E-state index in [1.165, 1.54) is 6.21 Å². The summed E-state index contributed by atoms with van der Waals surface area (Å²) >= 11 is 0. The molecule has 0 bridgehead atoms. The van der Waals surface area contributed by atoms with Gasteiger partial charge in [0.25, 0.3) is 0 Å². The first-order valence-corrected chi connectivity index (χ1v) is 6.20. The van der Waals surface area contributed by atoms with Gasteiger partial charge in [-0.2, -0.15) is 5.10 Å². The summed E-state index contributed by atoms with van der Waals surface area (Å²) in [7, 11) is 0. The molecule has 0 spiro atoms. The Kier molecular flexibility index (Phi) is 4.44. The molecule has 22 heavy (non-hydrogen) atoms. The average molecular weight is 314 g/mol. The normalized spacial score (nSPS) is 11.2. The van der Waals surface area contributed by atoms with Crippen LogP contribution in [0.4, 0.5) is 27.6 Å². The van der Waals surface area contributed by atoms with Crippen LogP contribution < -0.4 is 5.43 Å². The molecule has 0 saturated carbocycles. The van der Waals surface area contributed by atoms with Crippen molar-refractivity contribution in [2.45, 2.75) is 13.8 Å². The van der Waals surface area contributed by atoms with Gasteiger partial charge in [0.1, 0.15) is 5.69 Å². The SMILES string of the molecule is Cc1ccc(/C=N\Nc2c(F)c(F)c(F)c(F)c2F)c(C)c1. The molecule has 0 aliphatic heterocycles. The maximum atomic E-state index is 13.4. The van der Waals surface area contributed by atoms with Gasteiger partial charge >= 0.3 is 0 Å². The van der Waals surface area contributed by atoms with Gasteiger partial charge in [0.2, 0.25) is 5.82 Å². The van der Waals surface area contributed by atoms with Crippen LogP contribution in [0.3, 0.4) is 0 Å². The molecule has 1 N–H and O–H groups in total. The molecule has 0 fully saturated rings. The highest BCUT2D eigenvalue weighted by atomic mass is 19.2. The summed E-state index contributed by atoms with van der Waals surface area (Å²) in [6, 6.07) is 5.38. The van der Waals surface area contributed by atoms with E-state index >= 15 is 0 Å². The first-order valence-electron chi connectivity index (χ1n) is 6.20. The Morgan fingerprint density at radius 1 is 0.864 bits per heavy atom. The van der Waals surface area contributed by atoms with E-state index in [-0.39, 0.29) is 0 Å². The Balaban J connectivity index is 2.30.